The smallest absolute Gasteiger partial charge is 0.270 e. The molecule has 1 N–H and O–H groups in total. The lowest BCUT2D eigenvalue weighted by atomic mass is 10.1. The molecule has 34 heavy (non-hydrogen) atoms. The molecule has 0 radical (unpaired) electrons. The first-order chi connectivity index (χ1) is 16.4. The average Bonchev–Trinajstić information content (AvgIpc) is 3.46. The summed E-state index contributed by atoms with van der Waals surface area (Å²) in [4.78, 5) is 42.2. The van der Waals surface area contributed by atoms with E-state index in [9.17, 15) is 14.4 Å². The highest BCUT2D eigenvalue weighted by Crippen LogP contribution is 2.27. The van der Waals surface area contributed by atoms with E-state index < -0.39 is 11.8 Å². The first-order valence-corrected chi connectivity index (χ1v) is 11.7. The molecule has 5 rings (SSSR count). The highest BCUT2D eigenvalue weighted by atomic mass is 32.1. The zero-order chi connectivity index (χ0) is 23.8. The van der Waals surface area contributed by atoms with Crippen LogP contribution in [0, 0.1) is 6.92 Å². The van der Waals surface area contributed by atoms with Crippen molar-refractivity contribution >= 4 is 57.7 Å². The first-order valence-electron chi connectivity index (χ1n) is 11.3. The first kappa shape index (κ1) is 22.0. The molecular formula is C26H24N4O3S. The fourth-order valence-corrected chi connectivity index (χ4v) is 4.83. The summed E-state index contributed by atoms with van der Waals surface area (Å²) in [7, 11) is 0. The molecule has 172 valence electrons. The van der Waals surface area contributed by atoms with Crippen LogP contribution in [-0.2, 0) is 20.9 Å². The van der Waals surface area contributed by atoms with Gasteiger partial charge in [-0.2, -0.15) is 0 Å². The molecule has 0 atom stereocenters. The number of likely N-dealkylation sites (tertiary alicyclic amines) is 1. The van der Waals surface area contributed by atoms with Crippen molar-refractivity contribution in [2.24, 2.45) is 0 Å². The second-order valence-corrected chi connectivity index (χ2v) is 9.00. The van der Waals surface area contributed by atoms with E-state index in [1.54, 1.807) is 12.1 Å². The van der Waals surface area contributed by atoms with Crippen molar-refractivity contribution in [1.82, 2.24) is 14.8 Å². The van der Waals surface area contributed by atoms with E-state index in [4.69, 9.17) is 12.2 Å². The van der Waals surface area contributed by atoms with Gasteiger partial charge in [-0.15, -0.1) is 0 Å². The lowest BCUT2D eigenvalue weighted by Gasteiger charge is -2.29. The summed E-state index contributed by atoms with van der Waals surface area (Å²) in [6.07, 6.45) is 5.48. The van der Waals surface area contributed by atoms with E-state index in [1.807, 2.05) is 65.1 Å². The number of carbonyl (C=O) groups excluding carboxylic acids is 3. The van der Waals surface area contributed by atoms with Crippen LogP contribution in [0.15, 0.2) is 60.3 Å². The quantitative estimate of drug-likeness (QED) is 0.359. The molecule has 2 aliphatic rings. The molecule has 3 amide bonds. The Morgan fingerprint density at radius 3 is 2.62 bits per heavy atom. The van der Waals surface area contributed by atoms with Gasteiger partial charge in [-0.3, -0.25) is 24.6 Å². The van der Waals surface area contributed by atoms with Crippen LogP contribution in [0.25, 0.3) is 17.0 Å². The molecule has 3 aromatic rings. The van der Waals surface area contributed by atoms with Crippen molar-refractivity contribution in [3.8, 4) is 0 Å². The minimum Gasteiger partial charge on any atom is -0.341 e. The molecule has 0 spiro atoms. The van der Waals surface area contributed by atoms with Crippen LogP contribution in [0.2, 0.25) is 0 Å². The molecule has 0 unspecified atom stereocenters. The molecule has 2 aliphatic heterocycles. The maximum atomic E-state index is 13.4. The number of hydrogen-bond donors (Lipinski definition) is 1. The van der Waals surface area contributed by atoms with Crippen LogP contribution < -0.4 is 10.2 Å². The highest BCUT2D eigenvalue weighted by Gasteiger charge is 2.34. The standard InChI is InChI=1S/C26H24N4O3S/c1-17-7-6-8-19(13-17)30-25(33)21(24(32)27-26(30)34)14-18-15-29(22-10-3-2-9-20(18)22)16-23(31)28-11-4-5-12-28/h2-3,6-10,13-15H,4-5,11-12,16H2,1H3,(H,27,32,34)/b21-14-. The Kier molecular flexibility index (Phi) is 5.75. The van der Waals surface area contributed by atoms with Gasteiger partial charge in [-0.1, -0.05) is 30.3 Å². The summed E-state index contributed by atoms with van der Waals surface area (Å²) in [5.74, 6) is -0.951. The van der Waals surface area contributed by atoms with Gasteiger partial charge < -0.3 is 9.47 Å². The van der Waals surface area contributed by atoms with Crippen LogP contribution in [0.3, 0.4) is 0 Å². The number of aryl methyl sites for hydroxylation is 1. The number of benzene rings is 2. The highest BCUT2D eigenvalue weighted by molar-refractivity contribution is 7.80. The molecule has 2 saturated heterocycles. The predicted molar refractivity (Wildman–Crippen MR) is 135 cm³/mol. The summed E-state index contributed by atoms with van der Waals surface area (Å²) in [6.45, 7) is 3.72. The van der Waals surface area contributed by atoms with Gasteiger partial charge in [0.2, 0.25) is 5.91 Å². The van der Waals surface area contributed by atoms with Crippen molar-refractivity contribution in [3.05, 3.63) is 71.4 Å². The number of nitrogens with one attached hydrogen (secondary N) is 1. The van der Waals surface area contributed by atoms with Gasteiger partial charge in [0, 0.05) is 35.8 Å². The average molecular weight is 473 g/mol. The molecule has 0 saturated carbocycles. The molecule has 7 nitrogen and oxygen atoms in total. The number of aromatic nitrogens is 1. The van der Waals surface area contributed by atoms with Crippen molar-refractivity contribution in [2.45, 2.75) is 26.3 Å². The number of thiocarbonyl (C=S) groups is 1. The summed E-state index contributed by atoms with van der Waals surface area (Å²) >= 11 is 5.30. The number of amides is 3. The number of fused-ring (bicyclic) bond motifs is 1. The third-order valence-corrected chi connectivity index (χ3v) is 6.53. The lowest BCUT2D eigenvalue weighted by molar-refractivity contribution is -0.130. The second-order valence-electron chi connectivity index (χ2n) is 8.61. The van der Waals surface area contributed by atoms with E-state index in [0.717, 1.165) is 42.4 Å². The summed E-state index contributed by atoms with van der Waals surface area (Å²) in [6, 6.07) is 15.1. The summed E-state index contributed by atoms with van der Waals surface area (Å²) in [5.41, 5.74) is 3.13. The topological polar surface area (TPSA) is 74.7 Å². The number of nitrogens with zero attached hydrogens (tertiary/aromatic N) is 3. The zero-order valence-electron chi connectivity index (χ0n) is 18.8. The van der Waals surface area contributed by atoms with Crippen molar-refractivity contribution in [3.63, 3.8) is 0 Å². The van der Waals surface area contributed by atoms with E-state index in [-0.39, 0.29) is 23.1 Å². The number of para-hydroxylation sites is 1. The molecule has 2 aromatic carbocycles. The Morgan fingerprint density at radius 1 is 1.09 bits per heavy atom. The van der Waals surface area contributed by atoms with Gasteiger partial charge >= 0.3 is 0 Å². The molecular weight excluding hydrogens is 448 g/mol. The normalized spacial score (nSPS) is 17.7. The Morgan fingerprint density at radius 2 is 1.85 bits per heavy atom. The van der Waals surface area contributed by atoms with Gasteiger partial charge in [0.05, 0.1) is 5.69 Å². The SMILES string of the molecule is Cc1cccc(N2C(=O)/C(=C\c3cn(CC(=O)N4CCCC4)c4ccccc34)C(=O)NC2=S)c1. The third-order valence-electron chi connectivity index (χ3n) is 6.25. The zero-order valence-corrected chi connectivity index (χ0v) is 19.6. The van der Waals surface area contributed by atoms with Gasteiger partial charge in [0.15, 0.2) is 5.11 Å². The number of anilines is 1. The van der Waals surface area contributed by atoms with E-state index in [1.165, 1.54) is 4.90 Å². The molecule has 0 bridgehead atoms. The molecule has 3 heterocycles. The predicted octanol–water partition coefficient (Wildman–Crippen LogP) is 3.40. The van der Waals surface area contributed by atoms with E-state index in [0.29, 0.717) is 11.3 Å². The maximum absolute atomic E-state index is 13.4. The molecule has 1 aromatic heterocycles. The van der Waals surface area contributed by atoms with E-state index in [2.05, 4.69) is 5.32 Å². The molecule has 2 fully saturated rings. The van der Waals surface area contributed by atoms with Crippen LogP contribution in [0.1, 0.15) is 24.0 Å². The summed E-state index contributed by atoms with van der Waals surface area (Å²) < 4.78 is 1.89. The fraction of sp³-hybridized carbons (Fsp3) is 0.231. The molecule has 8 heteroatoms. The van der Waals surface area contributed by atoms with Crippen LogP contribution in [0.4, 0.5) is 5.69 Å². The van der Waals surface area contributed by atoms with Gasteiger partial charge in [-0.05, 0) is 61.8 Å². The van der Waals surface area contributed by atoms with Gasteiger partial charge in [0.25, 0.3) is 11.8 Å². The number of rotatable bonds is 4. The van der Waals surface area contributed by atoms with Gasteiger partial charge in [-0.25, -0.2) is 0 Å². The monoisotopic (exact) mass is 472 g/mol. The van der Waals surface area contributed by atoms with Crippen molar-refractivity contribution < 1.29 is 14.4 Å². The number of hydrogen-bond acceptors (Lipinski definition) is 4. The second kappa shape index (κ2) is 8.87. The minimum atomic E-state index is -0.538. The van der Waals surface area contributed by atoms with Crippen LogP contribution in [-0.4, -0.2) is 45.4 Å². The number of carbonyl (C=O) groups is 3. The molecule has 0 aliphatic carbocycles. The Balaban J connectivity index is 1.53. The fourth-order valence-electron chi connectivity index (χ4n) is 4.55. The third kappa shape index (κ3) is 4.01. The Labute approximate surface area is 202 Å². The lowest BCUT2D eigenvalue weighted by Crippen LogP contribution is -2.54. The minimum absolute atomic E-state index is 0.0103. The van der Waals surface area contributed by atoms with Crippen molar-refractivity contribution in [1.29, 1.82) is 0 Å². The largest absolute Gasteiger partial charge is 0.341 e. The van der Waals surface area contributed by atoms with Gasteiger partial charge in [0.1, 0.15) is 12.1 Å². The van der Waals surface area contributed by atoms with Crippen LogP contribution in [0.5, 0.6) is 0 Å². The Bertz CT molecular complexity index is 1370. The Hall–Kier alpha value is -3.78. The van der Waals surface area contributed by atoms with Crippen molar-refractivity contribution in [2.75, 3.05) is 18.0 Å². The maximum Gasteiger partial charge on any atom is 0.270 e. The summed E-state index contributed by atoms with van der Waals surface area (Å²) in [5, 5.41) is 3.55. The van der Waals surface area contributed by atoms with E-state index >= 15 is 0 Å². The van der Waals surface area contributed by atoms with Crippen LogP contribution >= 0.6 is 12.2 Å².